The maximum Gasteiger partial charge on any atom is 0.272 e. The van der Waals surface area contributed by atoms with E-state index in [1.807, 2.05) is 32.9 Å². The quantitative estimate of drug-likeness (QED) is 0.321. The first kappa shape index (κ1) is 28.6. The monoisotopic (exact) mass is 499 g/mol. The van der Waals surface area contributed by atoms with Crippen molar-refractivity contribution < 1.29 is 4.79 Å². The lowest BCUT2D eigenvalue weighted by Crippen LogP contribution is -2.47. The number of hydrogen-bond acceptors (Lipinski definition) is 3. The van der Waals surface area contributed by atoms with Gasteiger partial charge >= 0.3 is 0 Å². The van der Waals surface area contributed by atoms with E-state index in [4.69, 9.17) is 0 Å². The van der Waals surface area contributed by atoms with Gasteiger partial charge in [0, 0.05) is 31.9 Å². The normalized spacial score (nSPS) is 14.2. The highest BCUT2D eigenvalue weighted by atomic mass is 16.2. The Labute approximate surface area is 224 Å². The van der Waals surface area contributed by atoms with E-state index in [0.717, 1.165) is 49.5 Å². The second-order valence-corrected chi connectivity index (χ2v) is 10.5. The molecule has 1 saturated heterocycles. The number of nitrogens with zero attached hydrogens (tertiary/aromatic N) is 3. The van der Waals surface area contributed by atoms with Crippen molar-refractivity contribution in [1.82, 2.24) is 14.8 Å². The third-order valence-electron chi connectivity index (χ3n) is 7.07. The number of benzene rings is 2. The maximum absolute atomic E-state index is 13.6. The molecular weight excluding hydrogens is 454 g/mol. The molecule has 4 rings (SSSR count). The molecule has 4 heteroatoms. The Bertz CT molecular complexity index is 1100. The summed E-state index contributed by atoms with van der Waals surface area (Å²) < 4.78 is 0. The highest BCUT2D eigenvalue weighted by molar-refractivity contribution is 5.92. The van der Waals surface area contributed by atoms with Crippen molar-refractivity contribution in [2.45, 2.75) is 73.4 Å². The van der Waals surface area contributed by atoms with Gasteiger partial charge in [0.1, 0.15) is 5.69 Å². The number of hydrogen-bond donors (Lipinski definition) is 0. The van der Waals surface area contributed by atoms with Crippen LogP contribution in [-0.4, -0.2) is 46.4 Å². The smallest absolute Gasteiger partial charge is 0.272 e. The number of rotatable bonds is 8. The average Bonchev–Trinajstić information content (AvgIpc) is 2.92. The molecule has 2 aromatic carbocycles. The van der Waals surface area contributed by atoms with Crippen LogP contribution in [0.3, 0.4) is 0 Å². The standard InChI is InChI=1S/C31H39N3O.C2H6/c1-23(2)14-17-33-18-15-29(16-19-33)34(31(35)30-13-8-25(4)21-32-30)22-26-9-11-27(12-10-26)28-7-5-6-24(3)20-28;1-2/h5-13,20-21,23,29H,14-19,22H2,1-4H3;1-2H3. The van der Waals surface area contributed by atoms with Crippen LogP contribution in [-0.2, 0) is 6.54 Å². The van der Waals surface area contributed by atoms with E-state index in [2.05, 4.69) is 84.1 Å². The molecule has 0 aliphatic carbocycles. The third kappa shape index (κ3) is 8.26. The van der Waals surface area contributed by atoms with Crippen molar-refractivity contribution in [1.29, 1.82) is 0 Å². The van der Waals surface area contributed by atoms with Crippen LogP contribution in [0.5, 0.6) is 0 Å². The SMILES string of the molecule is CC.Cc1ccc(C(=O)N(Cc2ccc(-c3cccc(C)c3)cc2)C2CCN(CCC(C)C)CC2)nc1. The summed E-state index contributed by atoms with van der Waals surface area (Å²) in [6.45, 7) is 16.6. The first-order valence-electron chi connectivity index (χ1n) is 14.0. The summed E-state index contributed by atoms with van der Waals surface area (Å²) in [6.07, 6.45) is 5.04. The van der Waals surface area contributed by atoms with Gasteiger partial charge in [-0.3, -0.25) is 9.78 Å². The molecule has 1 amide bonds. The maximum atomic E-state index is 13.6. The number of likely N-dealkylation sites (tertiary alicyclic amines) is 1. The number of aromatic nitrogens is 1. The lowest BCUT2D eigenvalue weighted by Gasteiger charge is -2.38. The van der Waals surface area contributed by atoms with Crippen molar-refractivity contribution in [2.24, 2.45) is 5.92 Å². The van der Waals surface area contributed by atoms with Crippen LogP contribution < -0.4 is 0 Å². The first-order valence-corrected chi connectivity index (χ1v) is 14.0. The van der Waals surface area contributed by atoms with Crippen molar-refractivity contribution in [3.8, 4) is 11.1 Å². The number of carbonyl (C=O) groups excluding carboxylic acids is 1. The summed E-state index contributed by atoms with van der Waals surface area (Å²) >= 11 is 0. The number of aryl methyl sites for hydroxylation is 2. The van der Waals surface area contributed by atoms with Crippen molar-refractivity contribution >= 4 is 5.91 Å². The molecule has 0 saturated carbocycles. The molecule has 1 aliphatic heterocycles. The van der Waals surface area contributed by atoms with Gasteiger partial charge in [0.15, 0.2) is 0 Å². The Morgan fingerprint density at radius 2 is 1.65 bits per heavy atom. The second-order valence-electron chi connectivity index (χ2n) is 10.5. The van der Waals surface area contributed by atoms with Crippen LogP contribution in [0.2, 0.25) is 0 Å². The van der Waals surface area contributed by atoms with Crippen LogP contribution in [0.25, 0.3) is 11.1 Å². The van der Waals surface area contributed by atoms with Gasteiger partial charge in [-0.05, 0) is 73.9 Å². The number of pyridine rings is 1. The summed E-state index contributed by atoms with van der Waals surface area (Å²) in [6, 6.07) is 21.3. The zero-order chi connectivity index (χ0) is 26.8. The summed E-state index contributed by atoms with van der Waals surface area (Å²) in [5.41, 5.74) is 6.45. The lowest BCUT2D eigenvalue weighted by molar-refractivity contribution is 0.0540. The summed E-state index contributed by atoms with van der Waals surface area (Å²) in [5.74, 6) is 0.759. The third-order valence-corrected chi connectivity index (χ3v) is 7.07. The van der Waals surface area contributed by atoms with E-state index in [9.17, 15) is 4.79 Å². The van der Waals surface area contributed by atoms with E-state index in [1.54, 1.807) is 6.20 Å². The first-order chi connectivity index (χ1) is 17.9. The van der Waals surface area contributed by atoms with Gasteiger partial charge in [-0.15, -0.1) is 0 Å². The van der Waals surface area contributed by atoms with Gasteiger partial charge in [0.25, 0.3) is 5.91 Å². The fourth-order valence-electron chi connectivity index (χ4n) is 4.83. The summed E-state index contributed by atoms with van der Waals surface area (Å²) in [7, 11) is 0. The van der Waals surface area contributed by atoms with Crippen LogP contribution in [0, 0.1) is 19.8 Å². The van der Waals surface area contributed by atoms with E-state index >= 15 is 0 Å². The molecule has 0 N–H and O–H groups in total. The Kier molecular flexibility index (Phi) is 10.9. The molecular formula is C33H45N3O. The Hall–Kier alpha value is -2.98. The number of piperidine rings is 1. The Morgan fingerprint density at radius 1 is 0.946 bits per heavy atom. The minimum atomic E-state index is 0.0355. The molecule has 0 spiro atoms. The van der Waals surface area contributed by atoms with E-state index < -0.39 is 0 Å². The molecule has 3 aromatic rings. The predicted molar refractivity (Wildman–Crippen MR) is 156 cm³/mol. The van der Waals surface area contributed by atoms with Crippen molar-refractivity contribution in [3.05, 3.63) is 89.2 Å². The summed E-state index contributed by atoms with van der Waals surface area (Å²) in [5, 5.41) is 0. The zero-order valence-electron chi connectivity index (χ0n) is 23.7. The van der Waals surface area contributed by atoms with Crippen LogP contribution >= 0.6 is 0 Å². The highest BCUT2D eigenvalue weighted by Crippen LogP contribution is 2.25. The van der Waals surface area contributed by atoms with Gasteiger partial charge in [0.2, 0.25) is 0 Å². The van der Waals surface area contributed by atoms with E-state index in [1.165, 1.54) is 23.1 Å². The average molecular weight is 500 g/mol. The molecule has 2 heterocycles. The molecule has 198 valence electrons. The minimum absolute atomic E-state index is 0.0355. The fourth-order valence-corrected chi connectivity index (χ4v) is 4.83. The molecule has 37 heavy (non-hydrogen) atoms. The molecule has 0 atom stereocenters. The molecule has 0 unspecified atom stereocenters. The molecule has 4 nitrogen and oxygen atoms in total. The molecule has 1 aromatic heterocycles. The lowest BCUT2D eigenvalue weighted by atomic mass is 9.99. The molecule has 1 aliphatic rings. The topological polar surface area (TPSA) is 36.4 Å². The molecule has 1 fully saturated rings. The second kappa shape index (κ2) is 14.1. The van der Waals surface area contributed by atoms with Gasteiger partial charge < -0.3 is 9.80 Å². The molecule has 0 bridgehead atoms. The van der Waals surface area contributed by atoms with Crippen LogP contribution in [0.1, 0.15) is 74.1 Å². The van der Waals surface area contributed by atoms with E-state index in [0.29, 0.717) is 12.2 Å². The van der Waals surface area contributed by atoms with E-state index in [-0.39, 0.29) is 11.9 Å². The fraction of sp³-hybridized carbons (Fsp3) is 0.455. The minimum Gasteiger partial charge on any atom is -0.330 e. The van der Waals surface area contributed by atoms with Gasteiger partial charge in [0.05, 0.1) is 0 Å². The van der Waals surface area contributed by atoms with Crippen LogP contribution in [0.4, 0.5) is 0 Å². The Morgan fingerprint density at radius 3 is 2.24 bits per heavy atom. The van der Waals surface area contributed by atoms with Crippen LogP contribution in [0.15, 0.2) is 66.9 Å². The van der Waals surface area contributed by atoms with Gasteiger partial charge in [-0.2, -0.15) is 0 Å². The van der Waals surface area contributed by atoms with Crippen molar-refractivity contribution in [3.63, 3.8) is 0 Å². The predicted octanol–water partition coefficient (Wildman–Crippen LogP) is 7.54. The molecule has 0 radical (unpaired) electrons. The van der Waals surface area contributed by atoms with Gasteiger partial charge in [-0.25, -0.2) is 0 Å². The summed E-state index contributed by atoms with van der Waals surface area (Å²) in [4.78, 5) is 22.7. The Balaban J connectivity index is 0.00000186. The number of carbonyl (C=O) groups is 1. The largest absolute Gasteiger partial charge is 0.330 e. The number of amides is 1. The van der Waals surface area contributed by atoms with Crippen molar-refractivity contribution in [2.75, 3.05) is 19.6 Å². The van der Waals surface area contributed by atoms with Gasteiger partial charge in [-0.1, -0.05) is 87.9 Å². The zero-order valence-corrected chi connectivity index (χ0v) is 23.7. The highest BCUT2D eigenvalue weighted by Gasteiger charge is 2.29.